The third-order valence-corrected chi connectivity index (χ3v) is 2.72. The lowest BCUT2D eigenvalue weighted by atomic mass is 10.1. The van der Waals surface area contributed by atoms with Gasteiger partial charge in [-0.3, -0.25) is 10.1 Å². The van der Waals surface area contributed by atoms with Crippen molar-refractivity contribution in [1.82, 2.24) is 10.2 Å². The molecule has 0 saturated heterocycles. The van der Waals surface area contributed by atoms with Crippen LogP contribution in [0.1, 0.15) is 32.7 Å². The third-order valence-electron chi connectivity index (χ3n) is 1.86. The van der Waals surface area contributed by atoms with Crippen molar-refractivity contribution in [2.24, 2.45) is 11.7 Å². The van der Waals surface area contributed by atoms with Crippen LogP contribution >= 0.6 is 23.7 Å². The van der Waals surface area contributed by atoms with Crippen LogP contribution in [0.15, 0.2) is 0 Å². The largest absolute Gasteiger partial charge is 0.318 e. The number of carbonyl (C=O) groups excluding carboxylic acids is 1. The molecule has 0 saturated carbocycles. The summed E-state index contributed by atoms with van der Waals surface area (Å²) in [5.74, 6) is 0.280. The fraction of sp³-hybridized carbons (Fsp3) is 0.700. The minimum absolute atomic E-state index is 0. The van der Waals surface area contributed by atoms with Crippen LogP contribution in [0, 0.1) is 5.92 Å². The molecule has 1 heterocycles. The van der Waals surface area contributed by atoms with E-state index < -0.39 is 5.54 Å². The monoisotopic (exact) mass is 278 g/mol. The number of nitrogens with zero attached hydrogens (tertiary/aromatic N) is 2. The Labute approximate surface area is 112 Å². The summed E-state index contributed by atoms with van der Waals surface area (Å²) in [6, 6.07) is 0. The number of carbonyl (C=O) groups is 1. The molecule has 0 fully saturated rings. The van der Waals surface area contributed by atoms with Gasteiger partial charge in [0.25, 0.3) is 0 Å². The van der Waals surface area contributed by atoms with E-state index in [1.165, 1.54) is 11.3 Å². The Bertz CT molecular complexity index is 373. The summed E-state index contributed by atoms with van der Waals surface area (Å²) in [5.41, 5.74) is 4.76. The van der Waals surface area contributed by atoms with Crippen molar-refractivity contribution in [3.63, 3.8) is 0 Å². The van der Waals surface area contributed by atoms with Crippen LogP contribution in [0.2, 0.25) is 0 Å². The zero-order chi connectivity index (χ0) is 12.3. The van der Waals surface area contributed by atoms with Gasteiger partial charge < -0.3 is 5.73 Å². The average molecular weight is 279 g/mol. The molecule has 0 unspecified atom stereocenters. The summed E-state index contributed by atoms with van der Waals surface area (Å²) < 4.78 is 0. The van der Waals surface area contributed by atoms with E-state index in [1.807, 2.05) is 0 Å². The van der Waals surface area contributed by atoms with Crippen LogP contribution in [0.3, 0.4) is 0 Å². The van der Waals surface area contributed by atoms with Crippen molar-refractivity contribution in [2.45, 2.75) is 39.7 Å². The van der Waals surface area contributed by atoms with E-state index in [0.717, 1.165) is 11.4 Å². The minimum Gasteiger partial charge on any atom is -0.318 e. The Hall–Kier alpha value is -0.720. The second kappa shape index (κ2) is 6.28. The summed E-state index contributed by atoms with van der Waals surface area (Å²) in [5, 5.41) is 12.0. The molecule has 0 aliphatic carbocycles. The quantitative estimate of drug-likeness (QED) is 0.880. The van der Waals surface area contributed by atoms with Crippen molar-refractivity contribution in [2.75, 3.05) is 5.32 Å². The van der Waals surface area contributed by atoms with E-state index in [9.17, 15) is 4.79 Å². The number of halogens is 1. The number of nitrogens with two attached hydrogens (primary N) is 1. The standard InChI is InChI=1S/C10H18N4OS.ClH/c1-6(2)5-7-13-14-9(16-7)12-8(15)10(3,4)11;/h6H,5,11H2,1-4H3,(H,12,14,15);1H. The number of nitrogens with one attached hydrogen (secondary N) is 1. The molecule has 7 heteroatoms. The molecule has 1 aromatic heterocycles. The summed E-state index contributed by atoms with van der Waals surface area (Å²) in [7, 11) is 0. The van der Waals surface area contributed by atoms with Crippen molar-refractivity contribution < 1.29 is 4.79 Å². The normalized spacial score (nSPS) is 11.2. The first-order valence-corrected chi connectivity index (χ1v) is 6.03. The van der Waals surface area contributed by atoms with Gasteiger partial charge >= 0.3 is 0 Å². The second-order valence-corrected chi connectivity index (χ2v) is 5.84. The highest BCUT2D eigenvalue weighted by Crippen LogP contribution is 2.18. The van der Waals surface area contributed by atoms with Crippen LogP contribution in [0.25, 0.3) is 0 Å². The van der Waals surface area contributed by atoms with Crippen LogP contribution in [-0.2, 0) is 11.2 Å². The smallest absolute Gasteiger partial charge is 0.245 e. The summed E-state index contributed by atoms with van der Waals surface area (Å²) >= 11 is 1.40. The lowest BCUT2D eigenvalue weighted by molar-refractivity contribution is -0.120. The molecular weight excluding hydrogens is 260 g/mol. The van der Waals surface area contributed by atoms with Gasteiger partial charge in [-0.05, 0) is 19.8 Å². The van der Waals surface area contributed by atoms with Gasteiger partial charge in [0, 0.05) is 6.42 Å². The fourth-order valence-corrected chi connectivity index (χ4v) is 1.94. The maximum Gasteiger partial charge on any atom is 0.245 e. The zero-order valence-corrected chi connectivity index (χ0v) is 12.1. The van der Waals surface area contributed by atoms with E-state index >= 15 is 0 Å². The van der Waals surface area contributed by atoms with Crippen LogP contribution in [0.4, 0.5) is 5.13 Å². The Balaban J connectivity index is 0.00000256. The maximum atomic E-state index is 11.6. The number of hydrogen-bond donors (Lipinski definition) is 2. The van der Waals surface area contributed by atoms with Gasteiger partial charge in [-0.1, -0.05) is 25.2 Å². The SMILES string of the molecule is CC(C)Cc1nnc(NC(=O)C(C)(C)N)s1.Cl. The minimum atomic E-state index is -0.899. The number of hydrogen-bond acceptors (Lipinski definition) is 5. The molecule has 0 spiro atoms. The first-order chi connectivity index (χ1) is 7.29. The third kappa shape index (κ3) is 5.43. The number of anilines is 1. The predicted octanol–water partition coefficient (Wildman–Crippen LogP) is 1.83. The lowest BCUT2D eigenvalue weighted by Crippen LogP contribution is -2.45. The Morgan fingerprint density at radius 2 is 2.06 bits per heavy atom. The second-order valence-electron chi connectivity index (χ2n) is 4.77. The molecule has 0 aromatic carbocycles. The average Bonchev–Trinajstić information content (AvgIpc) is 2.49. The highest BCUT2D eigenvalue weighted by molar-refractivity contribution is 7.15. The van der Waals surface area contributed by atoms with Gasteiger partial charge in [-0.25, -0.2) is 0 Å². The molecule has 0 bridgehead atoms. The Morgan fingerprint density at radius 1 is 1.47 bits per heavy atom. The van der Waals surface area contributed by atoms with Gasteiger partial charge in [-0.2, -0.15) is 0 Å². The van der Waals surface area contributed by atoms with Gasteiger partial charge in [0.15, 0.2) is 0 Å². The molecule has 1 aromatic rings. The highest BCUT2D eigenvalue weighted by Gasteiger charge is 2.23. The van der Waals surface area contributed by atoms with E-state index in [4.69, 9.17) is 5.73 Å². The maximum absolute atomic E-state index is 11.6. The van der Waals surface area contributed by atoms with Gasteiger partial charge in [0.1, 0.15) is 5.01 Å². The molecule has 1 rings (SSSR count). The molecule has 5 nitrogen and oxygen atoms in total. The van der Waals surface area contributed by atoms with E-state index in [-0.39, 0.29) is 18.3 Å². The van der Waals surface area contributed by atoms with E-state index in [2.05, 4.69) is 29.4 Å². The Morgan fingerprint density at radius 3 is 2.53 bits per heavy atom. The van der Waals surface area contributed by atoms with Crippen LogP contribution < -0.4 is 11.1 Å². The molecule has 0 aliphatic heterocycles. The van der Waals surface area contributed by atoms with E-state index in [1.54, 1.807) is 13.8 Å². The summed E-state index contributed by atoms with van der Waals surface area (Å²) in [6.07, 6.45) is 0.875. The molecule has 17 heavy (non-hydrogen) atoms. The van der Waals surface area contributed by atoms with E-state index in [0.29, 0.717) is 11.0 Å². The summed E-state index contributed by atoms with van der Waals surface area (Å²) in [4.78, 5) is 11.6. The van der Waals surface area contributed by atoms with Crippen molar-refractivity contribution in [3.05, 3.63) is 5.01 Å². The van der Waals surface area contributed by atoms with Crippen molar-refractivity contribution >= 4 is 34.8 Å². The molecule has 1 amide bonds. The van der Waals surface area contributed by atoms with Gasteiger partial charge in [0.05, 0.1) is 5.54 Å². The van der Waals surface area contributed by atoms with Crippen molar-refractivity contribution in [1.29, 1.82) is 0 Å². The lowest BCUT2D eigenvalue weighted by Gasteiger charge is -2.15. The molecule has 98 valence electrons. The fourth-order valence-electron chi connectivity index (χ4n) is 0.994. The molecule has 0 radical (unpaired) electrons. The number of amides is 1. The predicted molar refractivity (Wildman–Crippen MR) is 72.6 cm³/mol. The molecule has 0 aliphatic rings. The first-order valence-electron chi connectivity index (χ1n) is 5.21. The molecular formula is C10H19ClN4OS. The topological polar surface area (TPSA) is 80.9 Å². The number of aromatic nitrogens is 2. The number of rotatable bonds is 4. The van der Waals surface area contributed by atoms with Crippen LogP contribution in [0.5, 0.6) is 0 Å². The van der Waals surface area contributed by atoms with Crippen LogP contribution in [-0.4, -0.2) is 21.6 Å². The Kier molecular flexibility index (Phi) is 6.01. The summed E-state index contributed by atoms with van der Waals surface area (Å²) in [6.45, 7) is 7.53. The first kappa shape index (κ1) is 16.3. The molecule has 0 atom stereocenters. The molecule has 3 N–H and O–H groups in total. The van der Waals surface area contributed by atoms with Gasteiger partial charge in [0.2, 0.25) is 11.0 Å². The highest BCUT2D eigenvalue weighted by atomic mass is 35.5. The van der Waals surface area contributed by atoms with Gasteiger partial charge in [-0.15, -0.1) is 22.6 Å². The van der Waals surface area contributed by atoms with Crippen molar-refractivity contribution in [3.8, 4) is 0 Å². The zero-order valence-electron chi connectivity index (χ0n) is 10.5.